The number of ether oxygens (including phenoxy) is 1. The molecule has 0 fully saturated rings. The zero-order valence-electron chi connectivity index (χ0n) is 14.1. The number of nitrogens with zero attached hydrogens (tertiary/aromatic N) is 1. The Morgan fingerprint density at radius 3 is 2.30 bits per heavy atom. The Bertz CT molecular complexity index is 914. The molecule has 0 heterocycles. The first-order chi connectivity index (χ1) is 12.5. The molecule has 0 spiro atoms. The smallest absolute Gasteiger partial charge is 0.478 e. The molecular formula is C17H16F3NO5S. The van der Waals surface area contributed by atoms with Gasteiger partial charge >= 0.3 is 12.3 Å². The van der Waals surface area contributed by atoms with Crippen LogP contribution < -0.4 is 9.04 Å². The van der Waals surface area contributed by atoms with Crippen LogP contribution in [0.5, 0.6) is 5.75 Å². The van der Waals surface area contributed by atoms with Crippen molar-refractivity contribution in [2.75, 3.05) is 17.1 Å². The van der Waals surface area contributed by atoms with Crippen molar-refractivity contribution < 1.29 is 36.2 Å². The minimum absolute atomic E-state index is 0.194. The zero-order chi connectivity index (χ0) is 20.2. The number of sulfonamides is 1. The van der Waals surface area contributed by atoms with Gasteiger partial charge in [-0.05, 0) is 30.2 Å². The number of rotatable bonds is 7. The van der Waals surface area contributed by atoms with Crippen LogP contribution in [0.15, 0.2) is 48.5 Å². The Morgan fingerprint density at radius 2 is 1.78 bits per heavy atom. The average Bonchev–Trinajstić information content (AvgIpc) is 2.54. The Labute approximate surface area is 153 Å². The summed E-state index contributed by atoms with van der Waals surface area (Å²) in [5, 5.41) is 9.09. The second kappa shape index (κ2) is 7.87. The Balaban J connectivity index is 2.48. The molecule has 2 rings (SSSR count). The number of carboxylic acid groups (broad SMARTS) is 1. The molecule has 0 saturated carbocycles. The fraction of sp³-hybridized carbons (Fsp3) is 0.235. The fourth-order valence-electron chi connectivity index (χ4n) is 2.40. The molecule has 2 aromatic rings. The number of carbonyl (C=O) groups is 1. The van der Waals surface area contributed by atoms with Crippen LogP contribution in [0.1, 0.15) is 15.9 Å². The lowest BCUT2D eigenvalue weighted by atomic mass is 10.1. The summed E-state index contributed by atoms with van der Waals surface area (Å²) in [6.45, 7) is -0.194. The van der Waals surface area contributed by atoms with Crippen molar-refractivity contribution in [1.29, 1.82) is 0 Å². The van der Waals surface area contributed by atoms with Gasteiger partial charge in [0.2, 0.25) is 10.0 Å². The number of benzene rings is 2. The summed E-state index contributed by atoms with van der Waals surface area (Å²) in [6, 6.07) is 11.3. The van der Waals surface area contributed by atoms with E-state index in [1.807, 2.05) is 0 Å². The van der Waals surface area contributed by atoms with Crippen molar-refractivity contribution in [2.45, 2.75) is 12.8 Å². The summed E-state index contributed by atoms with van der Waals surface area (Å²) in [4.78, 5) is 11.2. The highest BCUT2D eigenvalue weighted by Crippen LogP contribution is 2.35. The molecule has 146 valence electrons. The van der Waals surface area contributed by atoms with Crippen molar-refractivity contribution in [3.05, 3.63) is 59.7 Å². The summed E-state index contributed by atoms with van der Waals surface area (Å²) in [5.74, 6) is -2.21. The van der Waals surface area contributed by atoms with E-state index in [9.17, 15) is 26.4 Å². The van der Waals surface area contributed by atoms with E-state index in [1.54, 1.807) is 30.3 Å². The van der Waals surface area contributed by atoms with Crippen LogP contribution in [0.3, 0.4) is 0 Å². The van der Waals surface area contributed by atoms with Gasteiger partial charge in [-0.25, -0.2) is 13.2 Å². The molecule has 0 aliphatic carbocycles. The van der Waals surface area contributed by atoms with E-state index in [2.05, 4.69) is 4.74 Å². The van der Waals surface area contributed by atoms with Crippen LogP contribution in [0.25, 0.3) is 0 Å². The molecule has 0 bridgehead atoms. The molecule has 2 aromatic carbocycles. The first kappa shape index (κ1) is 20.6. The molecule has 0 radical (unpaired) electrons. The largest absolute Gasteiger partial charge is 0.573 e. The average molecular weight is 403 g/mol. The highest BCUT2D eigenvalue weighted by Gasteiger charge is 2.34. The molecule has 27 heavy (non-hydrogen) atoms. The fourth-order valence-corrected chi connectivity index (χ4v) is 3.32. The number of carboxylic acids is 1. The van der Waals surface area contributed by atoms with Gasteiger partial charge in [-0.15, -0.1) is 13.2 Å². The number of hydrogen-bond acceptors (Lipinski definition) is 4. The maximum Gasteiger partial charge on any atom is 0.573 e. The minimum Gasteiger partial charge on any atom is -0.478 e. The lowest BCUT2D eigenvalue weighted by molar-refractivity contribution is -0.274. The van der Waals surface area contributed by atoms with Crippen LogP contribution >= 0.6 is 0 Å². The lowest BCUT2D eigenvalue weighted by Gasteiger charge is -2.25. The van der Waals surface area contributed by atoms with Crippen molar-refractivity contribution in [3.63, 3.8) is 0 Å². The van der Waals surface area contributed by atoms with E-state index >= 15 is 0 Å². The third-order valence-electron chi connectivity index (χ3n) is 3.55. The van der Waals surface area contributed by atoms with Crippen LogP contribution in [0.4, 0.5) is 18.9 Å². The summed E-state index contributed by atoms with van der Waals surface area (Å²) in [7, 11) is -4.02. The quantitative estimate of drug-likeness (QED) is 0.767. The molecule has 0 saturated heterocycles. The SMILES string of the molecule is CS(=O)(=O)N(CCc1ccccc1)c1cc(C(=O)O)ccc1OC(F)(F)F. The predicted octanol–water partition coefficient (Wildman–Crippen LogP) is 3.29. The van der Waals surface area contributed by atoms with Gasteiger partial charge in [0.15, 0.2) is 5.75 Å². The standard InChI is InChI=1S/C17H16F3NO5S/c1-27(24,25)21(10-9-12-5-3-2-4-6-12)14-11-13(16(22)23)7-8-15(14)26-17(18,19)20/h2-8,11H,9-10H2,1H3,(H,22,23). The third-order valence-corrected chi connectivity index (χ3v) is 4.73. The molecule has 0 aromatic heterocycles. The Hall–Kier alpha value is -2.75. The summed E-state index contributed by atoms with van der Waals surface area (Å²) in [6.07, 6.45) is -4.04. The second-order valence-electron chi connectivity index (χ2n) is 5.61. The van der Waals surface area contributed by atoms with Gasteiger partial charge in [0.25, 0.3) is 0 Å². The normalized spacial score (nSPS) is 11.9. The number of hydrogen-bond donors (Lipinski definition) is 1. The lowest BCUT2D eigenvalue weighted by Crippen LogP contribution is -2.33. The molecule has 1 N–H and O–H groups in total. The Kier molecular flexibility index (Phi) is 5.99. The maximum absolute atomic E-state index is 12.7. The van der Waals surface area contributed by atoms with Gasteiger partial charge < -0.3 is 9.84 Å². The van der Waals surface area contributed by atoms with Gasteiger partial charge in [-0.2, -0.15) is 0 Å². The Morgan fingerprint density at radius 1 is 1.15 bits per heavy atom. The predicted molar refractivity (Wildman–Crippen MR) is 92.4 cm³/mol. The van der Waals surface area contributed by atoms with Crippen molar-refractivity contribution >= 4 is 21.7 Å². The zero-order valence-corrected chi connectivity index (χ0v) is 14.9. The van der Waals surface area contributed by atoms with E-state index in [4.69, 9.17) is 5.11 Å². The molecule has 0 aliphatic rings. The van der Waals surface area contributed by atoms with Crippen molar-refractivity contribution in [1.82, 2.24) is 0 Å². The van der Waals surface area contributed by atoms with Crippen LogP contribution in [-0.4, -0.2) is 38.7 Å². The number of aromatic carboxylic acids is 1. The van der Waals surface area contributed by atoms with Crippen LogP contribution in [0, 0.1) is 0 Å². The van der Waals surface area contributed by atoms with Crippen molar-refractivity contribution in [2.24, 2.45) is 0 Å². The monoisotopic (exact) mass is 403 g/mol. The van der Waals surface area contributed by atoms with Gasteiger partial charge in [-0.1, -0.05) is 30.3 Å². The summed E-state index contributed by atoms with van der Waals surface area (Å²) >= 11 is 0. The van der Waals surface area contributed by atoms with E-state index in [-0.39, 0.29) is 18.5 Å². The van der Waals surface area contributed by atoms with Gasteiger partial charge in [0.05, 0.1) is 17.5 Å². The number of halogens is 3. The highest BCUT2D eigenvalue weighted by atomic mass is 32.2. The van der Waals surface area contributed by atoms with E-state index in [1.165, 1.54) is 0 Å². The molecule has 0 amide bonds. The first-order valence-corrected chi connectivity index (χ1v) is 9.47. The van der Waals surface area contributed by atoms with E-state index in [0.717, 1.165) is 30.0 Å². The van der Waals surface area contributed by atoms with Crippen molar-refractivity contribution in [3.8, 4) is 5.75 Å². The molecule has 0 atom stereocenters. The molecule has 0 unspecified atom stereocenters. The second-order valence-corrected chi connectivity index (χ2v) is 7.51. The van der Waals surface area contributed by atoms with Gasteiger partial charge in [0, 0.05) is 6.54 Å². The first-order valence-electron chi connectivity index (χ1n) is 7.62. The highest BCUT2D eigenvalue weighted by molar-refractivity contribution is 7.92. The van der Waals surface area contributed by atoms with Gasteiger partial charge in [0.1, 0.15) is 0 Å². The molecule has 0 aliphatic heterocycles. The van der Waals surface area contributed by atoms with E-state index in [0.29, 0.717) is 4.31 Å². The molecule has 6 nitrogen and oxygen atoms in total. The van der Waals surface area contributed by atoms with E-state index < -0.39 is 33.8 Å². The van der Waals surface area contributed by atoms with Crippen LogP contribution in [-0.2, 0) is 16.4 Å². The van der Waals surface area contributed by atoms with Gasteiger partial charge in [-0.3, -0.25) is 4.31 Å². The minimum atomic E-state index is -5.07. The third kappa shape index (κ3) is 5.88. The summed E-state index contributed by atoms with van der Waals surface area (Å²) < 4.78 is 67.0. The number of alkyl halides is 3. The molecular weight excluding hydrogens is 387 g/mol. The van der Waals surface area contributed by atoms with Crippen LogP contribution in [0.2, 0.25) is 0 Å². The summed E-state index contributed by atoms with van der Waals surface area (Å²) in [5.41, 5.74) is -0.0997. The maximum atomic E-state index is 12.7. The molecule has 10 heteroatoms. The topological polar surface area (TPSA) is 83.9 Å². The number of anilines is 1.